The molecule has 0 spiro atoms. The van der Waals surface area contributed by atoms with E-state index in [2.05, 4.69) is 10.3 Å². The summed E-state index contributed by atoms with van der Waals surface area (Å²) in [4.78, 5) is 30.1. The second-order valence-corrected chi connectivity index (χ2v) is 9.68. The zero-order chi connectivity index (χ0) is 21.6. The summed E-state index contributed by atoms with van der Waals surface area (Å²) in [5.74, 6) is 0.322. The summed E-state index contributed by atoms with van der Waals surface area (Å²) >= 11 is 0. The highest BCUT2D eigenvalue weighted by atomic mass is 16.6. The predicted molar refractivity (Wildman–Crippen MR) is 111 cm³/mol. The fourth-order valence-corrected chi connectivity index (χ4v) is 4.77. The van der Waals surface area contributed by atoms with Crippen LogP contribution >= 0.6 is 0 Å². The van der Waals surface area contributed by atoms with Gasteiger partial charge in [0.25, 0.3) is 0 Å². The number of alkyl carbamates (subject to hydrolysis) is 1. The molecule has 9 heteroatoms. The quantitative estimate of drug-likeness (QED) is 0.570. The molecule has 0 aromatic carbocycles. The summed E-state index contributed by atoms with van der Waals surface area (Å²) in [6, 6.07) is -0.566. The number of nitro groups is 1. The number of aromatic nitrogens is 1. The number of amides is 1. The van der Waals surface area contributed by atoms with Crippen LogP contribution in [0, 0.1) is 22.0 Å². The number of piperidine rings is 1. The molecular formula is C21H30N4O5. The van der Waals surface area contributed by atoms with Crippen LogP contribution in [0.1, 0.15) is 51.3 Å². The largest absolute Gasteiger partial charge is 0.444 e. The number of fused-ring (bicyclic) bond motifs is 1. The molecule has 0 unspecified atom stereocenters. The second-order valence-electron chi connectivity index (χ2n) is 9.68. The molecule has 164 valence electrons. The van der Waals surface area contributed by atoms with Crippen LogP contribution in [0.4, 0.5) is 16.2 Å². The summed E-state index contributed by atoms with van der Waals surface area (Å²) in [5, 5.41) is 25.6. The lowest BCUT2D eigenvalue weighted by atomic mass is 9.86. The van der Waals surface area contributed by atoms with Gasteiger partial charge in [-0.15, -0.1) is 0 Å². The van der Waals surface area contributed by atoms with Crippen LogP contribution in [0.25, 0.3) is 0 Å². The topological polar surface area (TPSA) is 118 Å². The van der Waals surface area contributed by atoms with Crippen LogP contribution < -0.4 is 10.2 Å². The van der Waals surface area contributed by atoms with Crippen LogP contribution in [0.2, 0.25) is 0 Å². The molecule has 2 heterocycles. The number of pyridine rings is 1. The molecule has 30 heavy (non-hydrogen) atoms. The first-order valence-corrected chi connectivity index (χ1v) is 10.7. The minimum atomic E-state index is -0.713. The highest BCUT2D eigenvalue weighted by Crippen LogP contribution is 2.45. The van der Waals surface area contributed by atoms with Crippen molar-refractivity contribution in [1.29, 1.82) is 0 Å². The van der Waals surface area contributed by atoms with Crippen molar-refractivity contribution >= 4 is 17.5 Å². The van der Waals surface area contributed by atoms with E-state index in [9.17, 15) is 20.0 Å². The summed E-state index contributed by atoms with van der Waals surface area (Å²) in [5.41, 5.74) is 1.81. The van der Waals surface area contributed by atoms with Crippen LogP contribution in [0.15, 0.2) is 6.20 Å². The molecule has 1 aliphatic heterocycles. The Balaban J connectivity index is 1.65. The zero-order valence-corrected chi connectivity index (χ0v) is 17.8. The van der Waals surface area contributed by atoms with Crippen molar-refractivity contribution in [2.75, 3.05) is 18.0 Å². The summed E-state index contributed by atoms with van der Waals surface area (Å²) in [6.45, 7) is 6.18. The number of carbonyl (C=O) groups is 1. The van der Waals surface area contributed by atoms with E-state index in [1.165, 1.54) is 6.20 Å². The van der Waals surface area contributed by atoms with E-state index in [1.54, 1.807) is 20.8 Å². The second kappa shape index (κ2) is 7.68. The Bertz CT molecular complexity index is 849. The molecule has 1 amide bonds. The maximum absolute atomic E-state index is 12.4. The third kappa shape index (κ3) is 4.21. The zero-order valence-electron chi connectivity index (χ0n) is 17.8. The number of hydrogen-bond donors (Lipinski definition) is 2. The van der Waals surface area contributed by atoms with Gasteiger partial charge in [0.05, 0.1) is 17.1 Å². The third-order valence-corrected chi connectivity index (χ3v) is 6.20. The van der Waals surface area contributed by atoms with Crippen LogP contribution in [-0.2, 0) is 17.6 Å². The molecule has 2 N–H and O–H groups in total. The lowest BCUT2D eigenvalue weighted by Crippen LogP contribution is -2.60. The Morgan fingerprint density at radius 3 is 2.70 bits per heavy atom. The maximum Gasteiger partial charge on any atom is 0.408 e. The van der Waals surface area contributed by atoms with Crippen molar-refractivity contribution in [1.82, 2.24) is 10.3 Å². The minimum Gasteiger partial charge on any atom is -0.444 e. The molecule has 1 saturated carbocycles. The van der Waals surface area contributed by atoms with E-state index >= 15 is 0 Å². The average molecular weight is 418 g/mol. The van der Waals surface area contributed by atoms with Crippen molar-refractivity contribution in [3.05, 3.63) is 27.6 Å². The molecule has 0 radical (unpaired) electrons. The molecule has 1 aromatic heterocycles. The van der Waals surface area contributed by atoms with Gasteiger partial charge in [-0.3, -0.25) is 15.1 Å². The number of aryl methyl sites for hydroxylation is 1. The Labute approximate surface area is 176 Å². The average Bonchev–Trinajstić information content (AvgIpc) is 3.37. The van der Waals surface area contributed by atoms with Gasteiger partial charge in [-0.05, 0) is 58.8 Å². The summed E-state index contributed by atoms with van der Waals surface area (Å²) in [7, 11) is 0. The first kappa shape index (κ1) is 20.8. The number of aliphatic hydroxyl groups excluding tert-OH is 1. The minimum absolute atomic E-state index is 0.00222. The predicted octanol–water partition coefficient (Wildman–Crippen LogP) is 2.58. The fraction of sp³-hybridized carbons (Fsp3) is 0.714. The Hall–Kier alpha value is -2.42. The van der Waals surface area contributed by atoms with Crippen molar-refractivity contribution in [2.24, 2.45) is 11.8 Å². The molecule has 4 rings (SSSR count). The van der Waals surface area contributed by atoms with E-state index in [0.29, 0.717) is 24.7 Å². The van der Waals surface area contributed by atoms with Crippen LogP contribution in [-0.4, -0.2) is 51.9 Å². The molecular weight excluding hydrogens is 388 g/mol. The van der Waals surface area contributed by atoms with Gasteiger partial charge in [-0.25, -0.2) is 4.79 Å². The first-order chi connectivity index (χ1) is 14.1. The number of aliphatic hydroxyl groups is 1. The maximum atomic E-state index is 12.4. The number of anilines is 1. The van der Waals surface area contributed by atoms with Crippen molar-refractivity contribution in [3.8, 4) is 0 Å². The molecule has 3 aliphatic rings. The fourth-order valence-electron chi connectivity index (χ4n) is 4.77. The number of hydrogen-bond acceptors (Lipinski definition) is 7. The number of rotatable bonds is 4. The Morgan fingerprint density at radius 2 is 2.07 bits per heavy atom. The SMILES string of the molecule is CC(C)(C)OC(=O)N[C@@H]1CN(c2c([N+](=O)[O-])cnc3c2CCC3)C[C@H](C2CC2)[C@H]1O. The third-order valence-electron chi connectivity index (χ3n) is 6.20. The molecule has 0 bridgehead atoms. The molecule has 1 aromatic rings. The van der Waals surface area contributed by atoms with Gasteiger partial charge in [0.15, 0.2) is 0 Å². The standard InChI is InChI=1S/C21H30N4O5/c1-21(2,3)30-20(27)23-16-11-24(10-14(19(16)26)12-7-8-12)18-13-5-4-6-15(13)22-9-17(18)25(28)29/h9,12,14,16,19,26H,4-8,10-11H2,1-3H3,(H,23,27)/t14-,16-,19-/m1/s1. The van der Waals surface area contributed by atoms with Crippen molar-refractivity contribution < 1.29 is 19.6 Å². The first-order valence-electron chi connectivity index (χ1n) is 10.7. The molecule has 3 atom stereocenters. The van der Waals surface area contributed by atoms with E-state index in [4.69, 9.17) is 4.74 Å². The normalized spacial score (nSPS) is 26.3. The van der Waals surface area contributed by atoms with E-state index in [0.717, 1.165) is 43.4 Å². The molecule has 2 fully saturated rings. The van der Waals surface area contributed by atoms with E-state index in [1.807, 2.05) is 4.90 Å². The van der Waals surface area contributed by atoms with E-state index < -0.39 is 23.8 Å². The summed E-state index contributed by atoms with van der Waals surface area (Å²) < 4.78 is 5.38. The molecule has 9 nitrogen and oxygen atoms in total. The number of nitrogens with zero attached hydrogens (tertiary/aromatic N) is 3. The lowest BCUT2D eigenvalue weighted by molar-refractivity contribution is -0.384. The smallest absolute Gasteiger partial charge is 0.408 e. The van der Waals surface area contributed by atoms with Gasteiger partial charge in [0.1, 0.15) is 17.5 Å². The van der Waals surface area contributed by atoms with Gasteiger partial charge >= 0.3 is 11.8 Å². The van der Waals surface area contributed by atoms with Crippen molar-refractivity contribution in [2.45, 2.75) is 70.6 Å². The number of nitrogens with one attached hydrogen (secondary N) is 1. The van der Waals surface area contributed by atoms with Gasteiger partial charge in [-0.2, -0.15) is 0 Å². The van der Waals surface area contributed by atoms with E-state index in [-0.39, 0.29) is 16.5 Å². The van der Waals surface area contributed by atoms with Crippen molar-refractivity contribution in [3.63, 3.8) is 0 Å². The van der Waals surface area contributed by atoms with Gasteiger partial charge in [-0.1, -0.05) is 0 Å². The highest BCUT2D eigenvalue weighted by Gasteiger charge is 2.46. The van der Waals surface area contributed by atoms with Gasteiger partial charge in [0, 0.05) is 30.3 Å². The molecule has 2 aliphatic carbocycles. The number of ether oxygens (including phenoxy) is 1. The van der Waals surface area contributed by atoms with Crippen LogP contribution in [0.3, 0.4) is 0 Å². The van der Waals surface area contributed by atoms with Crippen LogP contribution in [0.5, 0.6) is 0 Å². The molecule has 1 saturated heterocycles. The van der Waals surface area contributed by atoms with Gasteiger partial charge in [0.2, 0.25) is 0 Å². The Morgan fingerprint density at radius 1 is 1.33 bits per heavy atom. The lowest BCUT2D eigenvalue weighted by Gasteiger charge is -2.43. The Kier molecular flexibility index (Phi) is 5.34. The monoisotopic (exact) mass is 418 g/mol. The highest BCUT2D eigenvalue weighted by molar-refractivity contribution is 5.71. The van der Waals surface area contributed by atoms with Gasteiger partial charge < -0.3 is 20.1 Å². The summed E-state index contributed by atoms with van der Waals surface area (Å²) in [6.07, 6.45) is 4.63. The number of carbonyl (C=O) groups excluding carboxylic acids is 1.